The van der Waals surface area contributed by atoms with Crippen molar-refractivity contribution >= 4 is 0 Å². The molecule has 0 N–H and O–H groups in total. The first-order valence-corrected chi connectivity index (χ1v) is 5.75. The fourth-order valence-corrected chi connectivity index (χ4v) is 4.45. The quantitative estimate of drug-likeness (QED) is 0.637. The SMILES string of the molecule is COC1(C#N)C2CC3CC(C2)CC1C3. The van der Waals surface area contributed by atoms with E-state index in [1.165, 1.54) is 32.1 Å². The third-order valence-electron chi connectivity index (χ3n) is 4.86. The van der Waals surface area contributed by atoms with Gasteiger partial charge in [0.05, 0.1) is 6.07 Å². The molecule has 0 amide bonds. The average Bonchev–Trinajstić information content (AvgIpc) is 2.18. The monoisotopic (exact) mass is 191 g/mol. The Labute approximate surface area is 85.2 Å². The Balaban J connectivity index is 1.98. The van der Waals surface area contributed by atoms with Gasteiger partial charge in [-0.05, 0) is 43.9 Å². The molecule has 4 rings (SSSR count). The van der Waals surface area contributed by atoms with Gasteiger partial charge in [-0.25, -0.2) is 0 Å². The Kier molecular flexibility index (Phi) is 1.70. The zero-order valence-corrected chi connectivity index (χ0v) is 8.70. The molecular formula is C12H17NO. The van der Waals surface area contributed by atoms with E-state index in [9.17, 15) is 5.26 Å². The van der Waals surface area contributed by atoms with Crippen molar-refractivity contribution in [3.05, 3.63) is 0 Å². The first kappa shape index (κ1) is 8.73. The number of ether oxygens (including phenoxy) is 1. The first-order valence-electron chi connectivity index (χ1n) is 5.75. The van der Waals surface area contributed by atoms with E-state index in [1.54, 1.807) is 7.11 Å². The number of nitrogens with zero attached hydrogens (tertiary/aromatic N) is 1. The van der Waals surface area contributed by atoms with Crippen LogP contribution in [0.3, 0.4) is 0 Å². The Morgan fingerprint density at radius 2 is 1.57 bits per heavy atom. The fourth-order valence-electron chi connectivity index (χ4n) is 4.45. The van der Waals surface area contributed by atoms with Crippen LogP contribution in [0.15, 0.2) is 0 Å². The maximum atomic E-state index is 9.37. The predicted octanol–water partition coefficient (Wildman–Crippen LogP) is 2.35. The Morgan fingerprint density at radius 1 is 1.07 bits per heavy atom. The fraction of sp³-hybridized carbons (Fsp3) is 0.917. The highest BCUT2D eigenvalue weighted by molar-refractivity contribution is 5.17. The van der Waals surface area contributed by atoms with Crippen LogP contribution in [0.5, 0.6) is 0 Å². The average molecular weight is 191 g/mol. The third-order valence-corrected chi connectivity index (χ3v) is 4.86. The van der Waals surface area contributed by atoms with E-state index in [2.05, 4.69) is 6.07 Å². The topological polar surface area (TPSA) is 33.0 Å². The largest absolute Gasteiger partial charge is 0.363 e. The van der Waals surface area contributed by atoms with Gasteiger partial charge in [0.25, 0.3) is 0 Å². The number of nitriles is 1. The summed E-state index contributed by atoms with van der Waals surface area (Å²) >= 11 is 0. The number of hydrogen-bond donors (Lipinski definition) is 0. The number of hydrogen-bond acceptors (Lipinski definition) is 2. The highest BCUT2D eigenvalue weighted by atomic mass is 16.5. The van der Waals surface area contributed by atoms with Crippen molar-refractivity contribution < 1.29 is 4.74 Å². The molecule has 0 aliphatic heterocycles. The lowest BCUT2D eigenvalue weighted by Gasteiger charge is -2.57. The first-order chi connectivity index (χ1) is 6.78. The maximum absolute atomic E-state index is 9.37. The van der Waals surface area contributed by atoms with Gasteiger partial charge in [-0.2, -0.15) is 5.26 Å². The van der Waals surface area contributed by atoms with E-state index >= 15 is 0 Å². The molecule has 0 aromatic heterocycles. The van der Waals surface area contributed by atoms with Crippen molar-refractivity contribution in [3.8, 4) is 6.07 Å². The van der Waals surface area contributed by atoms with Gasteiger partial charge in [0.15, 0.2) is 5.60 Å². The lowest BCUT2D eigenvalue weighted by molar-refractivity contribution is -0.156. The van der Waals surface area contributed by atoms with E-state index < -0.39 is 5.60 Å². The molecule has 2 heteroatoms. The van der Waals surface area contributed by atoms with Crippen LogP contribution in [0.4, 0.5) is 0 Å². The van der Waals surface area contributed by atoms with E-state index in [4.69, 9.17) is 4.74 Å². The van der Waals surface area contributed by atoms with E-state index in [1.807, 2.05) is 0 Å². The van der Waals surface area contributed by atoms with Crippen LogP contribution >= 0.6 is 0 Å². The molecule has 4 aliphatic rings. The van der Waals surface area contributed by atoms with Crippen LogP contribution < -0.4 is 0 Å². The second kappa shape index (κ2) is 2.73. The van der Waals surface area contributed by atoms with Crippen LogP contribution in [0.1, 0.15) is 32.1 Å². The molecule has 0 aromatic rings. The molecule has 4 fully saturated rings. The van der Waals surface area contributed by atoms with Gasteiger partial charge in [-0.3, -0.25) is 0 Å². The minimum atomic E-state index is -0.409. The van der Waals surface area contributed by atoms with Gasteiger partial charge in [0.1, 0.15) is 0 Å². The standard InChI is InChI=1S/C12H17NO/c1-14-12(7-13)10-3-8-2-9(5-10)6-11(12)4-8/h8-11H,2-6H2,1H3. The minimum Gasteiger partial charge on any atom is -0.363 e. The molecule has 4 aliphatic carbocycles. The van der Waals surface area contributed by atoms with Crippen molar-refractivity contribution in [2.24, 2.45) is 23.7 Å². The van der Waals surface area contributed by atoms with Gasteiger partial charge in [-0.15, -0.1) is 0 Å². The summed E-state index contributed by atoms with van der Waals surface area (Å²) in [6.45, 7) is 0. The second-order valence-electron chi connectivity index (χ2n) is 5.41. The normalized spacial score (nSPS) is 54.6. The summed E-state index contributed by atoms with van der Waals surface area (Å²) in [7, 11) is 1.73. The highest BCUT2D eigenvalue weighted by Crippen LogP contribution is 2.59. The van der Waals surface area contributed by atoms with Crippen LogP contribution in [0.25, 0.3) is 0 Å². The van der Waals surface area contributed by atoms with Gasteiger partial charge in [0, 0.05) is 18.9 Å². The van der Waals surface area contributed by atoms with Gasteiger partial charge in [0.2, 0.25) is 0 Å². The Hall–Kier alpha value is -0.550. The molecule has 14 heavy (non-hydrogen) atoms. The maximum Gasteiger partial charge on any atom is 0.159 e. The van der Waals surface area contributed by atoms with Gasteiger partial charge in [-0.1, -0.05) is 0 Å². The summed E-state index contributed by atoms with van der Waals surface area (Å²) < 4.78 is 5.60. The molecule has 0 spiro atoms. The lowest BCUT2D eigenvalue weighted by Crippen LogP contribution is -2.57. The molecule has 0 unspecified atom stereocenters. The minimum absolute atomic E-state index is 0.409. The molecule has 0 aromatic carbocycles. The van der Waals surface area contributed by atoms with Crippen molar-refractivity contribution in [1.82, 2.24) is 0 Å². The summed E-state index contributed by atoms with van der Waals surface area (Å²) in [5.41, 5.74) is -0.409. The number of methoxy groups -OCH3 is 1. The summed E-state index contributed by atoms with van der Waals surface area (Å²) in [5.74, 6) is 2.89. The summed E-state index contributed by atoms with van der Waals surface area (Å²) in [5, 5.41) is 9.37. The molecule has 4 bridgehead atoms. The third kappa shape index (κ3) is 0.892. The molecule has 0 radical (unpaired) electrons. The van der Waals surface area contributed by atoms with Gasteiger partial charge < -0.3 is 4.74 Å². The molecule has 2 nitrogen and oxygen atoms in total. The zero-order chi connectivity index (χ0) is 9.76. The Morgan fingerprint density at radius 3 is 1.93 bits per heavy atom. The van der Waals surface area contributed by atoms with E-state index in [0.29, 0.717) is 11.8 Å². The van der Waals surface area contributed by atoms with Crippen LogP contribution in [0, 0.1) is 35.0 Å². The van der Waals surface area contributed by atoms with Crippen molar-refractivity contribution in [1.29, 1.82) is 5.26 Å². The highest BCUT2D eigenvalue weighted by Gasteiger charge is 2.58. The van der Waals surface area contributed by atoms with E-state index in [-0.39, 0.29) is 0 Å². The lowest BCUT2D eigenvalue weighted by atomic mass is 9.50. The Bertz CT molecular complexity index is 263. The zero-order valence-electron chi connectivity index (χ0n) is 8.70. The summed E-state index contributed by atoms with van der Waals surface area (Å²) in [6.07, 6.45) is 6.41. The van der Waals surface area contributed by atoms with Gasteiger partial charge >= 0.3 is 0 Å². The van der Waals surface area contributed by atoms with Crippen LogP contribution in [-0.2, 0) is 4.74 Å². The number of rotatable bonds is 1. The molecule has 4 saturated carbocycles. The second-order valence-corrected chi connectivity index (χ2v) is 5.41. The summed E-state index contributed by atoms with van der Waals surface area (Å²) in [4.78, 5) is 0. The summed E-state index contributed by atoms with van der Waals surface area (Å²) in [6, 6.07) is 2.49. The molecule has 76 valence electrons. The van der Waals surface area contributed by atoms with E-state index in [0.717, 1.165) is 11.8 Å². The smallest absolute Gasteiger partial charge is 0.159 e. The van der Waals surface area contributed by atoms with Crippen LogP contribution in [-0.4, -0.2) is 12.7 Å². The molecule has 0 atom stereocenters. The van der Waals surface area contributed by atoms with Crippen molar-refractivity contribution in [3.63, 3.8) is 0 Å². The van der Waals surface area contributed by atoms with Crippen molar-refractivity contribution in [2.75, 3.05) is 7.11 Å². The predicted molar refractivity (Wildman–Crippen MR) is 52.4 cm³/mol. The molecular weight excluding hydrogens is 174 g/mol. The molecule has 0 saturated heterocycles. The van der Waals surface area contributed by atoms with Crippen molar-refractivity contribution in [2.45, 2.75) is 37.7 Å². The molecule has 0 heterocycles. The van der Waals surface area contributed by atoms with Crippen LogP contribution in [0.2, 0.25) is 0 Å².